The molecule has 0 aliphatic rings. The van der Waals surface area contributed by atoms with Crippen LogP contribution in [0.1, 0.15) is 43.5 Å². The molecule has 0 atom stereocenters. The van der Waals surface area contributed by atoms with Gasteiger partial charge in [-0.1, -0.05) is 26.7 Å². The van der Waals surface area contributed by atoms with Gasteiger partial charge in [-0.2, -0.15) is 0 Å². The maximum absolute atomic E-state index is 11.8. The highest BCUT2D eigenvalue weighted by molar-refractivity contribution is 5.94. The highest BCUT2D eigenvalue weighted by atomic mass is 35.5. The van der Waals surface area contributed by atoms with Gasteiger partial charge in [-0.25, -0.2) is 0 Å². The van der Waals surface area contributed by atoms with Crippen molar-refractivity contribution in [1.29, 1.82) is 0 Å². The molecule has 21 heavy (non-hydrogen) atoms. The van der Waals surface area contributed by atoms with E-state index in [4.69, 9.17) is 4.74 Å². The number of carbonyl (C=O) groups excluding carboxylic acids is 1. The molecule has 1 aromatic carbocycles. The molecule has 1 aromatic rings. The van der Waals surface area contributed by atoms with E-state index in [1.807, 2.05) is 19.1 Å². The first-order valence-corrected chi connectivity index (χ1v) is 7.49. The lowest BCUT2D eigenvalue weighted by Gasteiger charge is -2.08. The van der Waals surface area contributed by atoms with Crippen molar-refractivity contribution in [2.24, 2.45) is 0 Å². The molecule has 0 aromatic heterocycles. The van der Waals surface area contributed by atoms with Gasteiger partial charge in [0, 0.05) is 18.7 Å². The number of ether oxygens (including phenoxy) is 1. The zero-order valence-corrected chi connectivity index (χ0v) is 13.8. The number of rotatable bonds is 10. The van der Waals surface area contributed by atoms with E-state index < -0.39 is 0 Å². The highest BCUT2D eigenvalue weighted by Crippen LogP contribution is 2.12. The van der Waals surface area contributed by atoms with Gasteiger partial charge in [0.1, 0.15) is 5.75 Å². The van der Waals surface area contributed by atoms with Gasteiger partial charge in [-0.3, -0.25) is 4.79 Å². The Kier molecular flexibility index (Phi) is 11.7. The minimum atomic E-state index is -0.0413. The monoisotopic (exact) mass is 314 g/mol. The topological polar surface area (TPSA) is 50.4 Å². The summed E-state index contributed by atoms with van der Waals surface area (Å²) < 4.78 is 5.61. The molecule has 0 saturated heterocycles. The first-order chi connectivity index (χ1) is 9.77. The normalized spacial score (nSPS) is 9.81. The molecule has 0 aliphatic carbocycles. The van der Waals surface area contributed by atoms with Gasteiger partial charge in [0.15, 0.2) is 0 Å². The first-order valence-electron chi connectivity index (χ1n) is 7.49. The number of hydrogen-bond acceptors (Lipinski definition) is 3. The van der Waals surface area contributed by atoms with E-state index in [-0.39, 0.29) is 18.3 Å². The number of amides is 1. The van der Waals surface area contributed by atoms with Crippen molar-refractivity contribution in [1.82, 2.24) is 10.6 Å². The highest BCUT2D eigenvalue weighted by Gasteiger charge is 2.04. The summed E-state index contributed by atoms with van der Waals surface area (Å²) >= 11 is 0. The lowest BCUT2D eigenvalue weighted by atomic mass is 10.2. The Balaban J connectivity index is 0.00000400. The number of hydrogen-bond donors (Lipinski definition) is 2. The second kappa shape index (κ2) is 12.5. The van der Waals surface area contributed by atoms with Crippen LogP contribution in [0.25, 0.3) is 0 Å². The lowest BCUT2D eigenvalue weighted by molar-refractivity contribution is 0.0954. The maximum atomic E-state index is 11.8. The Morgan fingerprint density at radius 1 is 1.10 bits per heavy atom. The molecule has 2 N–H and O–H groups in total. The summed E-state index contributed by atoms with van der Waals surface area (Å²) in [6.45, 7) is 7.30. The molecule has 0 bridgehead atoms. The second-order valence-corrected chi connectivity index (χ2v) is 4.69. The van der Waals surface area contributed by atoms with Crippen molar-refractivity contribution in [3.63, 3.8) is 0 Å². The fourth-order valence-electron chi connectivity index (χ4n) is 1.79. The van der Waals surface area contributed by atoms with E-state index in [1.54, 1.807) is 12.1 Å². The van der Waals surface area contributed by atoms with Crippen LogP contribution in [0.2, 0.25) is 0 Å². The number of benzene rings is 1. The molecule has 0 heterocycles. The van der Waals surface area contributed by atoms with Crippen molar-refractivity contribution >= 4 is 18.3 Å². The average Bonchev–Trinajstić information content (AvgIpc) is 2.48. The van der Waals surface area contributed by atoms with Crippen LogP contribution in [0.3, 0.4) is 0 Å². The standard InChI is InChI=1S/C16H26N2O2.ClH/c1-3-5-6-13-20-15-9-7-14(8-10-15)16(19)18-12-11-17-4-2;/h7-10,17H,3-6,11-13H2,1-2H3,(H,18,19);1H. The van der Waals surface area contributed by atoms with Crippen LogP contribution in [0, 0.1) is 0 Å². The average molecular weight is 315 g/mol. The number of nitrogens with one attached hydrogen (secondary N) is 2. The number of unbranched alkanes of at least 4 members (excludes halogenated alkanes) is 2. The summed E-state index contributed by atoms with van der Waals surface area (Å²) in [6.07, 6.45) is 3.45. The summed E-state index contributed by atoms with van der Waals surface area (Å²) in [5.74, 6) is 0.783. The SMILES string of the molecule is CCCCCOc1ccc(C(=O)NCCNCC)cc1.Cl. The Hall–Kier alpha value is -1.26. The predicted octanol–water partition coefficient (Wildman–Crippen LogP) is 3.02. The molecule has 5 heteroatoms. The fourth-order valence-corrected chi connectivity index (χ4v) is 1.79. The summed E-state index contributed by atoms with van der Waals surface area (Å²) in [7, 11) is 0. The number of halogens is 1. The molecule has 0 spiro atoms. The van der Waals surface area contributed by atoms with Crippen LogP contribution in [0.4, 0.5) is 0 Å². The predicted molar refractivity (Wildman–Crippen MR) is 89.6 cm³/mol. The molecule has 0 aliphatic heterocycles. The third-order valence-electron chi connectivity index (χ3n) is 2.97. The van der Waals surface area contributed by atoms with Crippen molar-refractivity contribution < 1.29 is 9.53 Å². The van der Waals surface area contributed by atoms with Crippen LogP contribution in [-0.4, -0.2) is 32.1 Å². The maximum Gasteiger partial charge on any atom is 0.251 e. The van der Waals surface area contributed by atoms with Gasteiger partial charge in [0.25, 0.3) is 5.91 Å². The molecule has 1 rings (SSSR count). The van der Waals surface area contributed by atoms with E-state index in [0.717, 1.165) is 31.9 Å². The third-order valence-corrected chi connectivity index (χ3v) is 2.97. The summed E-state index contributed by atoms with van der Waals surface area (Å²) in [6, 6.07) is 7.31. The third kappa shape index (κ3) is 8.58. The van der Waals surface area contributed by atoms with Crippen LogP contribution in [0.5, 0.6) is 5.75 Å². The van der Waals surface area contributed by atoms with Crippen LogP contribution < -0.4 is 15.4 Å². The largest absolute Gasteiger partial charge is 0.494 e. The summed E-state index contributed by atoms with van der Waals surface area (Å²) in [5, 5.41) is 6.03. The minimum absolute atomic E-state index is 0. The molecule has 0 saturated carbocycles. The Morgan fingerprint density at radius 3 is 2.43 bits per heavy atom. The van der Waals surface area contributed by atoms with Gasteiger partial charge >= 0.3 is 0 Å². The van der Waals surface area contributed by atoms with Crippen molar-refractivity contribution in [2.75, 3.05) is 26.2 Å². The van der Waals surface area contributed by atoms with E-state index in [9.17, 15) is 4.79 Å². The molecular weight excluding hydrogens is 288 g/mol. The van der Waals surface area contributed by atoms with Crippen molar-refractivity contribution in [3.8, 4) is 5.75 Å². The van der Waals surface area contributed by atoms with Gasteiger partial charge in [-0.15, -0.1) is 12.4 Å². The summed E-state index contributed by atoms with van der Waals surface area (Å²) in [4.78, 5) is 11.8. The van der Waals surface area contributed by atoms with Gasteiger partial charge in [-0.05, 0) is 37.2 Å². The molecule has 0 radical (unpaired) electrons. The van der Waals surface area contributed by atoms with Crippen molar-refractivity contribution in [2.45, 2.75) is 33.1 Å². The molecule has 120 valence electrons. The van der Waals surface area contributed by atoms with Crippen molar-refractivity contribution in [3.05, 3.63) is 29.8 Å². The first kappa shape index (κ1) is 19.7. The van der Waals surface area contributed by atoms with Gasteiger partial charge in [0.05, 0.1) is 6.61 Å². The van der Waals surface area contributed by atoms with E-state index in [0.29, 0.717) is 12.1 Å². The molecule has 1 amide bonds. The van der Waals surface area contributed by atoms with Gasteiger partial charge < -0.3 is 15.4 Å². The quantitative estimate of drug-likeness (QED) is 0.653. The van der Waals surface area contributed by atoms with E-state index >= 15 is 0 Å². The molecule has 4 nitrogen and oxygen atoms in total. The fraction of sp³-hybridized carbons (Fsp3) is 0.562. The van der Waals surface area contributed by atoms with Crippen LogP contribution >= 0.6 is 12.4 Å². The van der Waals surface area contributed by atoms with Crippen LogP contribution in [0.15, 0.2) is 24.3 Å². The molecule has 0 fully saturated rings. The lowest BCUT2D eigenvalue weighted by Crippen LogP contribution is -2.31. The van der Waals surface area contributed by atoms with E-state index in [2.05, 4.69) is 17.6 Å². The molecular formula is C16H27ClN2O2. The van der Waals surface area contributed by atoms with Gasteiger partial charge in [0.2, 0.25) is 0 Å². The number of carbonyl (C=O) groups is 1. The Morgan fingerprint density at radius 2 is 1.81 bits per heavy atom. The smallest absolute Gasteiger partial charge is 0.251 e. The zero-order valence-electron chi connectivity index (χ0n) is 13.0. The summed E-state index contributed by atoms with van der Waals surface area (Å²) in [5.41, 5.74) is 0.669. The minimum Gasteiger partial charge on any atom is -0.494 e. The second-order valence-electron chi connectivity index (χ2n) is 4.69. The number of likely N-dealkylation sites (N-methyl/N-ethyl adjacent to an activating group) is 1. The molecule has 0 unspecified atom stereocenters. The zero-order chi connectivity index (χ0) is 14.6. The Labute approximate surface area is 134 Å². The van der Waals surface area contributed by atoms with Crippen LogP contribution in [-0.2, 0) is 0 Å². The Bertz CT molecular complexity index is 382. The van der Waals surface area contributed by atoms with E-state index in [1.165, 1.54) is 12.8 Å².